The van der Waals surface area contributed by atoms with Crippen molar-refractivity contribution in [3.05, 3.63) is 29.3 Å². The molecular formula is C14H19F3N2O. The van der Waals surface area contributed by atoms with Gasteiger partial charge >= 0.3 is 6.18 Å². The number of carbonyl (C=O) groups excluding carboxylic acids is 1. The van der Waals surface area contributed by atoms with E-state index in [2.05, 4.69) is 10.6 Å². The lowest BCUT2D eigenvalue weighted by Gasteiger charge is -2.17. The van der Waals surface area contributed by atoms with E-state index in [0.717, 1.165) is 6.07 Å². The van der Waals surface area contributed by atoms with Crippen molar-refractivity contribution < 1.29 is 18.0 Å². The SMILES string of the molecule is CCNc1c(C(=O)NCC(C)C)cccc1C(F)(F)F. The predicted molar refractivity (Wildman–Crippen MR) is 72.8 cm³/mol. The monoisotopic (exact) mass is 288 g/mol. The van der Waals surface area contributed by atoms with E-state index in [1.54, 1.807) is 6.92 Å². The summed E-state index contributed by atoms with van der Waals surface area (Å²) in [4.78, 5) is 12.0. The molecule has 2 N–H and O–H groups in total. The van der Waals surface area contributed by atoms with Gasteiger partial charge in [-0.3, -0.25) is 4.79 Å². The molecule has 1 rings (SSSR count). The van der Waals surface area contributed by atoms with E-state index < -0.39 is 17.6 Å². The number of para-hydroxylation sites is 1. The standard InChI is InChI=1S/C14H19F3N2O/c1-4-18-12-10(13(20)19-8-9(2)3)6-5-7-11(12)14(15,16)17/h5-7,9,18H,4,8H2,1-3H3,(H,19,20). The molecule has 0 aliphatic carbocycles. The molecule has 0 aliphatic heterocycles. The molecule has 0 aliphatic rings. The Morgan fingerprint density at radius 1 is 1.30 bits per heavy atom. The maximum absolute atomic E-state index is 13.0. The van der Waals surface area contributed by atoms with Crippen LogP contribution in [-0.4, -0.2) is 19.0 Å². The van der Waals surface area contributed by atoms with Crippen LogP contribution in [0.25, 0.3) is 0 Å². The summed E-state index contributed by atoms with van der Waals surface area (Å²) in [5, 5.41) is 5.27. The Kier molecular flexibility index (Phi) is 5.42. The summed E-state index contributed by atoms with van der Waals surface area (Å²) >= 11 is 0. The quantitative estimate of drug-likeness (QED) is 0.870. The summed E-state index contributed by atoms with van der Waals surface area (Å²) in [5.41, 5.74) is -0.970. The predicted octanol–water partition coefficient (Wildman–Crippen LogP) is 3.52. The highest BCUT2D eigenvalue weighted by atomic mass is 19.4. The zero-order chi connectivity index (χ0) is 15.3. The van der Waals surface area contributed by atoms with E-state index in [-0.39, 0.29) is 17.2 Å². The number of hydrogen-bond donors (Lipinski definition) is 2. The van der Waals surface area contributed by atoms with Crippen LogP contribution in [0.5, 0.6) is 0 Å². The van der Waals surface area contributed by atoms with Crippen molar-refractivity contribution in [2.45, 2.75) is 26.9 Å². The number of halogens is 3. The molecule has 0 atom stereocenters. The van der Waals surface area contributed by atoms with Gasteiger partial charge in [0, 0.05) is 13.1 Å². The third kappa shape index (κ3) is 4.15. The van der Waals surface area contributed by atoms with Crippen LogP contribution in [0.4, 0.5) is 18.9 Å². The second-order valence-electron chi connectivity index (χ2n) is 4.86. The fourth-order valence-corrected chi connectivity index (χ4v) is 1.74. The van der Waals surface area contributed by atoms with Gasteiger partial charge in [0.2, 0.25) is 0 Å². The Balaban J connectivity index is 3.15. The third-order valence-corrected chi connectivity index (χ3v) is 2.64. The number of rotatable bonds is 5. The summed E-state index contributed by atoms with van der Waals surface area (Å²) in [6, 6.07) is 3.61. The Bertz CT molecular complexity index is 470. The van der Waals surface area contributed by atoms with Gasteiger partial charge in [-0.05, 0) is 25.0 Å². The lowest BCUT2D eigenvalue weighted by Crippen LogP contribution is -2.28. The number of amides is 1. The molecule has 3 nitrogen and oxygen atoms in total. The van der Waals surface area contributed by atoms with Crippen molar-refractivity contribution in [1.82, 2.24) is 5.32 Å². The smallest absolute Gasteiger partial charge is 0.384 e. The van der Waals surface area contributed by atoms with Gasteiger partial charge < -0.3 is 10.6 Å². The number of benzene rings is 1. The highest BCUT2D eigenvalue weighted by Gasteiger charge is 2.35. The van der Waals surface area contributed by atoms with Crippen LogP contribution in [0, 0.1) is 5.92 Å². The third-order valence-electron chi connectivity index (χ3n) is 2.64. The number of nitrogens with one attached hydrogen (secondary N) is 2. The lowest BCUT2D eigenvalue weighted by atomic mass is 10.1. The molecule has 1 aromatic carbocycles. The van der Waals surface area contributed by atoms with Crippen LogP contribution in [0.1, 0.15) is 36.7 Å². The first kappa shape index (κ1) is 16.3. The van der Waals surface area contributed by atoms with E-state index >= 15 is 0 Å². The summed E-state index contributed by atoms with van der Waals surface area (Å²) in [6.45, 7) is 6.23. The largest absolute Gasteiger partial charge is 0.418 e. The average Bonchev–Trinajstić information content (AvgIpc) is 2.35. The molecule has 0 fully saturated rings. The zero-order valence-electron chi connectivity index (χ0n) is 11.8. The van der Waals surface area contributed by atoms with Gasteiger partial charge in [0.05, 0.1) is 16.8 Å². The molecule has 0 spiro atoms. The number of carbonyl (C=O) groups is 1. The van der Waals surface area contributed by atoms with Crippen molar-refractivity contribution >= 4 is 11.6 Å². The van der Waals surface area contributed by atoms with Crippen molar-refractivity contribution in [2.75, 3.05) is 18.4 Å². The van der Waals surface area contributed by atoms with E-state index in [9.17, 15) is 18.0 Å². The Morgan fingerprint density at radius 3 is 2.45 bits per heavy atom. The van der Waals surface area contributed by atoms with Gasteiger partial charge in [-0.15, -0.1) is 0 Å². The molecular weight excluding hydrogens is 269 g/mol. The minimum Gasteiger partial charge on any atom is -0.384 e. The van der Waals surface area contributed by atoms with E-state index in [1.165, 1.54) is 12.1 Å². The van der Waals surface area contributed by atoms with Crippen LogP contribution < -0.4 is 10.6 Å². The van der Waals surface area contributed by atoms with Crippen molar-refractivity contribution in [3.8, 4) is 0 Å². The average molecular weight is 288 g/mol. The summed E-state index contributed by atoms with van der Waals surface area (Å²) < 4.78 is 38.9. The number of hydrogen-bond acceptors (Lipinski definition) is 2. The van der Waals surface area contributed by atoms with Crippen molar-refractivity contribution in [3.63, 3.8) is 0 Å². The van der Waals surface area contributed by atoms with Crippen molar-refractivity contribution in [2.24, 2.45) is 5.92 Å². The normalized spacial score (nSPS) is 11.6. The Morgan fingerprint density at radius 2 is 1.95 bits per heavy atom. The summed E-state index contributed by atoms with van der Waals surface area (Å²) in [6.07, 6.45) is -4.49. The van der Waals surface area contributed by atoms with Crippen LogP contribution in [0.15, 0.2) is 18.2 Å². The van der Waals surface area contributed by atoms with E-state index in [1.807, 2.05) is 13.8 Å². The fraction of sp³-hybridized carbons (Fsp3) is 0.500. The van der Waals surface area contributed by atoms with E-state index in [4.69, 9.17) is 0 Å². The highest BCUT2D eigenvalue weighted by Crippen LogP contribution is 2.36. The van der Waals surface area contributed by atoms with Crippen LogP contribution in [0.2, 0.25) is 0 Å². The highest BCUT2D eigenvalue weighted by molar-refractivity contribution is 6.00. The summed E-state index contributed by atoms with van der Waals surface area (Å²) in [5.74, 6) is -0.270. The molecule has 0 unspecified atom stereocenters. The fourth-order valence-electron chi connectivity index (χ4n) is 1.74. The summed E-state index contributed by atoms with van der Waals surface area (Å²) in [7, 11) is 0. The first-order valence-corrected chi connectivity index (χ1v) is 6.49. The van der Waals surface area contributed by atoms with Crippen LogP contribution >= 0.6 is 0 Å². The Labute approximate surface area is 116 Å². The second-order valence-corrected chi connectivity index (χ2v) is 4.86. The first-order valence-electron chi connectivity index (χ1n) is 6.49. The number of anilines is 1. The Hall–Kier alpha value is -1.72. The molecule has 0 bridgehead atoms. The topological polar surface area (TPSA) is 41.1 Å². The minimum absolute atomic E-state index is 0.0160. The molecule has 1 amide bonds. The minimum atomic E-state index is -4.49. The van der Waals surface area contributed by atoms with Gasteiger partial charge in [-0.25, -0.2) is 0 Å². The first-order chi connectivity index (χ1) is 9.27. The van der Waals surface area contributed by atoms with Gasteiger partial charge in [-0.2, -0.15) is 13.2 Å². The maximum atomic E-state index is 13.0. The lowest BCUT2D eigenvalue weighted by molar-refractivity contribution is -0.137. The van der Waals surface area contributed by atoms with E-state index in [0.29, 0.717) is 13.1 Å². The molecule has 20 heavy (non-hydrogen) atoms. The van der Waals surface area contributed by atoms with Gasteiger partial charge in [0.25, 0.3) is 5.91 Å². The molecule has 0 aromatic heterocycles. The van der Waals surface area contributed by atoms with Gasteiger partial charge in [-0.1, -0.05) is 19.9 Å². The molecule has 0 heterocycles. The van der Waals surface area contributed by atoms with Crippen LogP contribution in [0.3, 0.4) is 0 Å². The molecule has 0 radical (unpaired) electrons. The molecule has 0 saturated carbocycles. The molecule has 112 valence electrons. The number of alkyl halides is 3. The van der Waals surface area contributed by atoms with Crippen molar-refractivity contribution in [1.29, 1.82) is 0 Å². The van der Waals surface area contributed by atoms with Gasteiger partial charge in [0.1, 0.15) is 0 Å². The zero-order valence-corrected chi connectivity index (χ0v) is 11.8. The van der Waals surface area contributed by atoms with Gasteiger partial charge in [0.15, 0.2) is 0 Å². The molecule has 6 heteroatoms. The maximum Gasteiger partial charge on any atom is 0.418 e. The second kappa shape index (κ2) is 6.63. The van der Waals surface area contributed by atoms with Crippen LogP contribution in [-0.2, 0) is 6.18 Å². The molecule has 0 saturated heterocycles. The molecule has 1 aromatic rings.